The Bertz CT molecular complexity index is 620. The van der Waals surface area contributed by atoms with E-state index in [1.807, 2.05) is 24.3 Å². The normalized spacial score (nSPS) is 13.3. The summed E-state index contributed by atoms with van der Waals surface area (Å²) in [6.07, 6.45) is 2.93. The molecule has 0 unspecified atom stereocenters. The zero-order chi connectivity index (χ0) is 13.8. The van der Waals surface area contributed by atoms with Crippen LogP contribution in [0.4, 0.5) is 0 Å². The van der Waals surface area contributed by atoms with E-state index in [0.717, 1.165) is 30.0 Å². The van der Waals surface area contributed by atoms with Crippen LogP contribution in [0, 0.1) is 0 Å². The van der Waals surface area contributed by atoms with E-state index in [1.54, 1.807) is 12.1 Å². The smallest absolute Gasteiger partial charge is 0.134 e. The highest BCUT2D eigenvalue weighted by Gasteiger charge is 2.12. The third kappa shape index (κ3) is 3.00. The van der Waals surface area contributed by atoms with Gasteiger partial charge in [-0.2, -0.15) is 0 Å². The topological polar surface area (TPSA) is 41.5 Å². The Balaban J connectivity index is 1.56. The van der Waals surface area contributed by atoms with Crippen molar-refractivity contribution in [2.45, 2.75) is 13.0 Å². The first-order chi connectivity index (χ1) is 9.81. The second kappa shape index (κ2) is 5.80. The van der Waals surface area contributed by atoms with Gasteiger partial charge in [0.2, 0.25) is 0 Å². The molecule has 0 saturated heterocycles. The van der Waals surface area contributed by atoms with E-state index in [0.29, 0.717) is 6.54 Å². The maximum Gasteiger partial charge on any atom is 0.134 e. The molecule has 0 radical (unpaired) electrons. The fraction of sp³-hybridized carbons (Fsp3) is 0.176. The summed E-state index contributed by atoms with van der Waals surface area (Å²) in [5, 5.41) is 12.8. The number of fused-ring (bicyclic) bond motifs is 1. The molecule has 0 saturated carbocycles. The zero-order valence-electron chi connectivity index (χ0n) is 11.2. The molecule has 20 heavy (non-hydrogen) atoms. The molecule has 0 atom stereocenters. The molecule has 2 N–H and O–H groups in total. The molecule has 0 aromatic heterocycles. The molecule has 3 nitrogen and oxygen atoms in total. The molecule has 0 spiro atoms. The lowest BCUT2D eigenvalue weighted by molar-refractivity contribution is 0.384. The van der Waals surface area contributed by atoms with Crippen molar-refractivity contribution in [3.05, 3.63) is 71.5 Å². The van der Waals surface area contributed by atoms with Crippen LogP contribution in [0.25, 0.3) is 0 Å². The summed E-state index contributed by atoms with van der Waals surface area (Å²) in [6.45, 7) is 1.50. The Hall–Kier alpha value is -2.26. The predicted molar refractivity (Wildman–Crippen MR) is 78.7 cm³/mol. The maximum absolute atomic E-state index is 9.48. The highest BCUT2D eigenvalue weighted by Crippen LogP contribution is 2.29. The van der Waals surface area contributed by atoms with Gasteiger partial charge in [-0.1, -0.05) is 36.4 Å². The van der Waals surface area contributed by atoms with Gasteiger partial charge in [-0.15, -0.1) is 0 Å². The van der Waals surface area contributed by atoms with E-state index in [2.05, 4.69) is 23.5 Å². The van der Waals surface area contributed by atoms with Crippen molar-refractivity contribution in [1.82, 2.24) is 5.32 Å². The number of aromatic hydroxyl groups is 1. The van der Waals surface area contributed by atoms with E-state index in [1.165, 1.54) is 5.56 Å². The molecule has 0 fully saturated rings. The van der Waals surface area contributed by atoms with Crippen LogP contribution in [0.3, 0.4) is 0 Å². The maximum atomic E-state index is 9.48. The highest BCUT2D eigenvalue weighted by molar-refractivity contribution is 5.44. The van der Waals surface area contributed by atoms with E-state index in [4.69, 9.17) is 4.74 Å². The number of nitrogens with one attached hydrogen (secondary N) is 1. The fourth-order valence-corrected chi connectivity index (χ4v) is 2.25. The molecule has 3 rings (SSSR count). The summed E-state index contributed by atoms with van der Waals surface area (Å²) in [6, 6.07) is 15.5. The Kier molecular flexibility index (Phi) is 3.70. The van der Waals surface area contributed by atoms with Crippen LogP contribution in [0.1, 0.15) is 11.1 Å². The van der Waals surface area contributed by atoms with E-state index < -0.39 is 0 Å². The Labute approximate surface area is 118 Å². The van der Waals surface area contributed by atoms with E-state index >= 15 is 0 Å². The summed E-state index contributed by atoms with van der Waals surface area (Å²) < 4.78 is 5.79. The van der Waals surface area contributed by atoms with Crippen molar-refractivity contribution >= 4 is 0 Å². The Morgan fingerprint density at radius 1 is 1.05 bits per heavy atom. The van der Waals surface area contributed by atoms with Crippen molar-refractivity contribution in [1.29, 1.82) is 0 Å². The first kappa shape index (κ1) is 12.8. The highest BCUT2D eigenvalue weighted by atomic mass is 16.5. The van der Waals surface area contributed by atoms with Gasteiger partial charge < -0.3 is 15.2 Å². The van der Waals surface area contributed by atoms with Gasteiger partial charge in [0.1, 0.15) is 17.3 Å². The van der Waals surface area contributed by atoms with Crippen molar-refractivity contribution < 1.29 is 9.84 Å². The Morgan fingerprint density at radius 2 is 1.90 bits per heavy atom. The van der Waals surface area contributed by atoms with Crippen molar-refractivity contribution in [3.8, 4) is 11.5 Å². The first-order valence-electron chi connectivity index (χ1n) is 6.75. The largest absolute Gasteiger partial charge is 0.508 e. The SMILES string of the molecule is Oc1ccc2c(c1)OC(CNCc1ccccc1)=CC2. The third-order valence-corrected chi connectivity index (χ3v) is 3.31. The number of phenolic OH excluding ortho intramolecular Hbond substituents is 1. The molecule has 2 aromatic rings. The van der Waals surface area contributed by atoms with Crippen LogP contribution in [-0.2, 0) is 13.0 Å². The van der Waals surface area contributed by atoms with Gasteiger partial charge in [-0.05, 0) is 29.7 Å². The van der Waals surface area contributed by atoms with Gasteiger partial charge in [0.05, 0.1) is 6.54 Å². The minimum absolute atomic E-state index is 0.238. The average Bonchev–Trinajstić information content (AvgIpc) is 2.48. The standard InChI is InChI=1S/C17H17NO2/c19-15-8-6-14-7-9-16(20-17(14)10-15)12-18-11-13-4-2-1-3-5-13/h1-6,8-10,18-19H,7,11-12H2. The molecule has 2 aromatic carbocycles. The summed E-state index contributed by atoms with van der Waals surface area (Å²) in [5.41, 5.74) is 2.36. The lowest BCUT2D eigenvalue weighted by atomic mass is 10.1. The molecule has 0 bridgehead atoms. The van der Waals surface area contributed by atoms with E-state index in [-0.39, 0.29) is 5.75 Å². The van der Waals surface area contributed by atoms with Crippen molar-refractivity contribution in [3.63, 3.8) is 0 Å². The second-order valence-electron chi connectivity index (χ2n) is 4.86. The summed E-state index contributed by atoms with van der Waals surface area (Å²) in [7, 11) is 0. The van der Waals surface area contributed by atoms with Gasteiger partial charge >= 0.3 is 0 Å². The van der Waals surface area contributed by atoms with Crippen molar-refractivity contribution in [2.24, 2.45) is 0 Å². The number of rotatable bonds is 4. The van der Waals surface area contributed by atoms with E-state index in [9.17, 15) is 5.11 Å². The summed E-state index contributed by atoms with van der Waals surface area (Å²) in [5.74, 6) is 1.89. The minimum atomic E-state index is 0.238. The number of hydrogen-bond acceptors (Lipinski definition) is 3. The van der Waals surface area contributed by atoms with Gasteiger partial charge in [0.15, 0.2) is 0 Å². The number of hydrogen-bond donors (Lipinski definition) is 2. The number of allylic oxidation sites excluding steroid dienone is 1. The van der Waals surface area contributed by atoms with Gasteiger partial charge in [-0.3, -0.25) is 0 Å². The minimum Gasteiger partial charge on any atom is -0.508 e. The lowest BCUT2D eigenvalue weighted by Gasteiger charge is -2.18. The van der Waals surface area contributed by atoms with Crippen LogP contribution in [0.5, 0.6) is 11.5 Å². The number of benzene rings is 2. The van der Waals surface area contributed by atoms with Gasteiger partial charge in [0.25, 0.3) is 0 Å². The fourth-order valence-electron chi connectivity index (χ4n) is 2.25. The van der Waals surface area contributed by atoms with Crippen LogP contribution in [-0.4, -0.2) is 11.7 Å². The molecular formula is C17H17NO2. The quantitative estimate of drug-likeness (QED) is 0.894. The van der Waals surface area contributed by atoms with Crippen LogP contribution in [0.15, 0.2) is 60.4 Å². The van der Waals surface area contributed by atoms with Crippen molar-refractivity contribution in [2.75, 3.05) is 6.54 Å². The second-order valence-corrected chi connectivity index (χ2v) is 4.86. The van der Waals surface area contributed by atoms with Gasteiger partial charge in [-0.25, -0.2) is 0 Å². The first-order valence-corrected chi connectivity index (χ1v) is 6.75. The molecule has 102 valence electrons. The average molecular weight is 267 g/mol. The lowest BCUT2D eigenvalue weighted by Crippen LogP contribution is -2.21. The summed E-state index contributed by atoms with van der Waals surface area (Å²) in [4.78, 5) is 0. The molecular weight excluding hydrogens is 250 g/mol. The van der Waals surface area contributed by atoms with Crippen LogP contribution >= 0.6 is 0 Å². The van der Waals surface area contributed by atoms with Crippen LogP contribution < -0.4 is 10.1 Å². The number of ether oxygens (including phenoxy) is 1. The molecule has 3 heteroatoms. The molecule has 1 heterocycles. The zero-order valence-corrected chi connectivity index (χ0v) is 11.2. The molecule has 1 aliphatic rings. The molecule has 1 aliphatic heterocycles. The Morgan fingerprint density at radius 3 is 2.75 bits per heavy atom. The molecule has 0 aliphatic carbocycles. The predicted octanol–water partition coefficient (Wildman–Crippen LogP) is 3.00. The third-order valence-electron chi connectivity index (χ3n) is 3.31. The molecule has 0 amide bonds. The van der Waals surface area contributed by atoms with Crippen LogP contribution in [0.2, 0.25) is 0 Å². The monoisotopic (exact) mass is 267 g/mol. The van der Waals surface area contributed by atoms with Gasteiger partial charge in [0, 0.05) is 12.6 Å². The number of phenols is 1. The summed E-state index contributed by atoms with van der Waals surface area (Å²) >= 11 is 0.